The third-order valence-electron chi connectivity index (χ3n) is 3.22. The van der Waals surface area contributed by atoms with Crippen LogP contribution in [0.5, 0.6) is 0 Å². The van der Waals surface area contributed by atoms with Crippen LogP contribution in [0.4, 0.5) is 0 Å². The second kappa shape index (κ2) is 5.28. The Morgan fingerprint density at radius 2 is 1.75 bits per heavy atom. The van der Waals surface area contributed by atoms with Crippen molar-refractivity contribution in [1.29, 1.82) is 0 Å². The van der Waals surface area contributed by atoms with Gasteiger partial charge in [-0.15, -0.1) is 0 Å². The van der Waals surface area contributed by atoms with Gasteiger partial charge in [-0.25, -0.2) is 0 Å². The van der Waals surface area contributed by atoms with Gasteiger partial charge in [-0.3, -0.25) is 4.90 Å². The lowest BCUT2D eigenvalue weighted by Gasteiger charge is -2.32. The lowest BCUT2D eigenvalue weighted by atomic mass is 10.1. The summed E-state index contributed by atoms with van der Waals surface area (Å²) in [5.74, 6) is 0. The summed E-state index contributed by atoms with van der Waals surface area (Å²) in [7, 11) is 2.19. The van der Waals surface area contributed by atoms with Crippen molar-refractivity contribution in [1.82, 2.24) is 9.80 Å². The predicted octanol–water partition coefficient (Wildman–Crippen LogP) is 2.08. The summed E-state index contributed by atoms with van der Waals surface area (Å²) in [5.41, 5.74) is 2.59. The van der Waals surface area contributed by atoms with Crippen LogP contribution >= 0.6 is 0 Å². The van der Waals surface area contributed by atoms with Crippen LogP contribution in [0.3, 0.4) is 0 Å². The standard InChI is InChI=1S/C14H20N2/c1-3-13-4-6-14(7-5-13)12-16-10-8-15(2)9-11-16/h3-7H,1,8-12H2,2H3. The van der Waals surface area contributed by atoms with Crippen molar-refractivity contribution in [3.8, 4) is 0 Å². The minimum absolute atomic E-state index is 1.07. The van der Waals surface area contributed by atoms with Crippen LogP contribution in [-0.2, 0) is 6.54 Å². The average Bonchev–Trinajstić information content (AvgIpc) is 2.33. The van der Waals surface area contributed by atoms with Crippen molar-refractivity contribution in [2.24, 2.45) is 0 Å². The Hall–Kier alpha value is -1.12. The quantitative estimate of drug-likeness (QED) is 0.763. The maximum absolute atomic E-state index is 3.77. The number of nitrogens with zero attached hydrogens (tertiary/aromatic N) is 2. The van der Waals surface area contributed by atoms with Gasteiger partial charge in [-0.2, -0.15) is 0 Å². The van der Waals surface area contributed by atoms with Gasteiger partial charge in [0.1, 0.15) is 0 Å². The van der Waals surface area contributed by atoms with E-state index in [-0.39, 0.29) is 0 Å². The number of rotatable bonds is 3. The lowest BCUT2D eigenvalue weighted by Crippen LogP contribution is -2.43. The first-order valence-corrected chi connectivity index (χ1v) is 5.90. The Balaban J connectivity index is 1.91. The molecule has 1 fully saturated rings. The van der Waals surface area contributed by atoms with Gasteiger partial charge in [0.05, 0.1) is 0 Å². The minimum atomic E-state index is 1.07. The monoisotopic (exact) mass is 216 g/mol. The van der Waals surface area contributed by atoms with E-state index in [1.807, 2.05) is 6.08 Å². The number of benzene rings is 1. The molecule has 0 saturated carbocycles. The molecular weight excluding hydrogens is 196 g/mol. The van der Waals surface area contributed by atoms with Crippen LogP contribution in [0.25, 0.3) is 6.08 Å². The number of hydrogen-bond acceptors (Lipinski definition) is 2. The van der Waals surface area contributed by atoms with E-state index in [1.54, 1.807) is 0 Å². The van der Waals surface area contributed by atoms with Crippen molar-refractivity contribution >= 4 is 6.08 Å². The fourth-order valence-electron chi connectivity index (χ4n) is 2.02. The largest absolute Gasteiger partial charge is 0.304 e. The van der Waals surface area contributed by atoms with Crippen molar-refractivity contribution < 1.29 is 0 Å². The molecule has 1 saturated heterocycles. The molecule has 0 N–H and O–H groups in total. The Kier molecular flexibility index (Phi) is 3.75. The zero-order valence-corrected chi connectivity index (χ0v) is 10.0. The molecule has 2 rings (SSSR count). The fraction of sp³-hybridized carbons (Fsp3) is 0.429. The molecule has 0 aliphatic carbocycles. The average molecular weight is 216 g/mol. The van der Waals surface area contributed by atoms with E-state index in [2.05, 4.69) is 47.7 Å². The van der Waals surface area contributed by atoms with Gasteiger partial charge in [0.2, 0.25) is 0 Å². The molecular formula is C14H20N2. The molecule has 1 heterocycles. The maximum Gasteiger partial charge on any atom is 0.0234 e. The summed E-state index contributed by atoms with van der Waals surface area (Å²) >= 11 is 0. The summed E-state index contributed by atoms with van der Waals surface area (Å²) in [5, 5.41) is 0. The Morgan fingerprint density at radius 1 is 1.12 bits per heavy atom. The first kappa shape index (κ1) is 11.4. The third-order valence-corrected chi connectivity index (χ3v) is 3.22. The zero-order valence-electron chi connectivity index (χ0n) is 10.0. The van der Waals surface area contributed by atoms with E-state index in [4.69, 9.17) is 0 Å². The van der Waals surface area contributed by atoms with Crippen molar-refractivity contribution in [2.45, 2.75) is 6.54 Å². The number of likely N-dealkylation sites (N-methyl/N-ethyl adjacent to an activating group) is 1. The summed E-state index contributed by atoms with van der Waals surface area (Å²) < 4.78 is 0. The highest BCUT2D eigenvalue weighted by Gasteiger charge is 2.13. The van der Waals surface area contributed by atoms with Gasteiger partial charge in [-0.1, -0.05) is 36.9 Å². The lowest BCUT2D eigenvalue weighted by molar-refractivity contribution is 0.148. The number of piperazine rings is 1. The normalized spacial score (nSPS) is 18.6. The minimum Gasteiger partial charge on any atom is -0.304 e. The molecule has 1 aliphatic heterocycles. The highest BCUT2D eigenvalue weighted by atomic mass is 15.2. The summed E-state index contributed by atoms with van der Waals surface area (Å²) in [6.45, 7) is 9.57. The summed E-state index contributed by atoms with van der Waals surface area (Å²) in [6.07, 6.45) is 1.89. The SMILES string of the molecule is C=Cc1ccc(CN2CCN(C)CC2)cc1. The van der Waals surface area contributed by atoms with Gasteiger partial charge in [0, 0.05) is 32.7 Å². The molecule has 16 heavy (non-hydrogen) atoms. The predicted molar refractivity (Wildman–Crippen MR) is 69.3 cm³/mol. The molecule has 0 atom stereocenters. The van der Waals surface area contributed by atoms with E-state index in [1.165, 1.54) is 37.3 Å². The molecule has 0 spiro atoms. The second-order valence-electron chi connectivity index (χ2n) is 4.53. The van der Waals surface area contributed by atoms with Gasteiger partial charge in [0.25, 0.3) is 0 Å². The van der Waals surface area contributed by atoms with E-state index in [0.717, 1.165) is 6.54 Å². The molecule has 1 aromatic carbocycles. The maximum atomic E-state index is 3.77. The summed E-state index contributed by atoms with van der Waals surface area (Å²) in [4.78, 5) is 4.90. The molecule has 0 unspecified atom stereocenters. The van der Waals surface area contributed by atoms with Gasteiger partial charge >= 0.3 is 0 Å². The van der Waals surface area contributed by atoms with Crippen LogP contribution in [0.1, 0.15) is 11.1 Å². The van der Waals surface area contributed by atoms with Crippen molar-refractivity contribution in [2.75, 3.05) is 33.2 Å². The van der Waals surface area contributed by atoms with Gasteiger partial charge in [-0.05, 0) is 18.2 Å². The molecule has 2 nitrogen and oxygen atoms in total. The molecule has 2 heteroatoms. The molecule has 0 radical (unpaired) electrons. The summed E-state index contributed by atoms with van der Waals surface area (Å²) in [6, 6.07) is 8.68. The molecule has 1 aliphatic rings. The first-order chi connectivity index (χ1) is 7.78. The third kappa shape index (κ3) is 2.94. The molecule has 0 amide bonds. The molecule has 0 bridgehead atoms. The van der Waals surface area contributed by atoms with E-state index >= 15 is 0 Å². The Labute approximate surface area is 98.2 Å². The molecule has 0 aromatic heterocycles. The van der Waals surface area contributed by atoms with E-state index in [9.17, 15) is 0 Å². The topological polar surface area (TPSA) is 6.48 Å². The van der Waals surface area contributed by atoms with E-state index < -0.39 is 0 Å². The smallest absolute Gasteiger partial charge is 0.0234 e. The van der Waals surface area contributed by atoms with Crippen LogP contribution in [-0.4, -0.2) is 43.0 Å². The van der Waals surface area contributed by atoms with Gasteiger partial charge < -0.3 is 4.90 Å². The van der Waals surface area contributed by atoms with Crippen LogP contribution < -0.4 is 0 Å². The van der Waals surface area contributed by atoms with Crippen molar-refractivity contribution in [3.05, 3.63) is 42.0 Å². The molecule has 86 valence electrons. The van der Waals surface area contributed by atoms with Gasteiger partial charge in [0.15, 0.2) is 0 Å². The zero-order chi connectivity index (χ0) is 11.4. The van der Waals surface area contributed by atoms with E-state index in [0.29, 0.717) is 0 Å². The Morgan fingerprint density at radius 3 is 2.31 bits per heavy atom. The highest BCUT2D eigenvalue weighted by Crippen LogP contribution is 2.10. The van der Waals surface area contributed by atoms with Crippen molar-refractivity contribution in [3.63, 3.8) is 0 Å². The van der Waals surface area contributed by atoms with Crippen LogP contribution in [0, 0.1) is 0 Å². The Bertz CT molecular complexity index is 334. The first-order valence-electron chi connectivity index (χ1n) is 5.90. The number of hydrogen-bond donors (Lipinski definition) is 0. The van der Waals surface area contributed by atoms with Crippen LogP contribution in [0.2, 0.25) is 0 Å². The second-order valence-corrected chi connectivity index (χ2v) is 4.53. The van der Waals surface area contributed by atoms with Crippen LogP contribution in [0.15, 0.2) is 30.8 Å². The molecule has 1 aromatic rings. The fourth-order valence-corrected chi connectivity index (χ4v) is 2.02. The highest BCUT2D eigenvalue weighted by molar-refractivity contribution is 5.47.